The summed E-state index contributed by atoms with van der Waals surface area (Å²) in [5, 5.41) is 13.0. The minimum absolute atomic E-state index is 0.0145. The van der Waals surface area contributed by atoms with Crippen LogP contribution in [0.2, 0.25) is 0 Å². The van der Waals surface area contributed by atoms with Gasteiger partial charge < -0.3 is 15.4 Å². The van der Waals surface area contributed by atoms with Crippen LogP contribution < -0.4 is 5.32 Å². The van der Waals surface area contributed by atoms with Crippen LogP contribution in [0.5, 0.6) is 0 Å². The van der Waals surface area contributed by atoms with Crippen LogP contribution in [-0.4, -0.2) is 22.4 Å². The van der Waals surface area contributed by atoms with Crippen LogP contribution in [0, 0.1) is 10.1 Å². The molecular weight excluding hydrogens is 186 g/mol. The summed E-state index contributed by atoms with van der Waals surface area (Å²) in [7, 11) is 0. The van der Waals surface area contributed by atoms with Crippen LogP contribution in [0.15, 0.2) is 18.3 Å². The summed E-state index contributed by atoms with van der Waals surface area (Å²) in [5.74, 6) is -0.897. The fraction of sp³-hybridized carbons (Fsp3) is 0.250. The highest BCUT2D eigenvalue weighted by Crippen LogP contribution is 2.13. The van der Waals surface area contributed by atoms with Crippen LogP contribution in [0.4, 0.5) is 5.82 Å². The van der Waals surface area contributed by atoms with Gasteiger partial charge in [0.1, 0.15) is 11.8 Å². The molecule has 0 spiro atoms. The van der Waals surface area contributed by atoms with Crippen LogP contribution in [0.1, 0.15) is 17.3 Å². The molecule has 0 bridgehead atoms. The van der Waals surface area contributed by atoms with E-state index in [1.54, 1.807) is 6.92 Å². The highest BCUT2D eigenvalue weighted by atomic mass is 16.6. The van der Waals surface area contributed by atoms with Crippen molar-refractivity contribution < 1.29 is 9.72 Å². The van der Waals surface area contributed by atoms with E-state index in [2.05, 4.69) is 10.3 Å². The van der Waals surface area contributed by atoms with E-state index < -0.39 is 16.6 Å². The van der Waals surface area contributed by atoms with Crippen molar-refractivity contribution in [3.8, 4) is 0 Å². The average Bonchev–Trinajstić information content (AvgIpc) is 2.18. The number of carbonyl (C=O) groups is 1. The molecule has 14 heavy (non-hydrogen) atoms. The minimum Gasteiger partial charge on any atom is -0.358 e. The first-order chi connectivity index (χ1) is 6.66. The number of nitro groups is 1. The Morgan fingerprint density at radius 1 is 1.71 bits per heavy atom. The van der Waals surface area contributed by atoms with Crippen molar-refractivity contribution in [3.63, 3.8) is 0 Å². The van der Waals surface area contributed by atoms with E-state index in [1.807, 2.05) is 0 Å². The molecule has 1 aromatic rings. The summed E-state index contributed by atoms with van der Waals surface area (Å²) < 4.78 is 0. The van der Waals surface area contributed by atoms with Crippen molar-refractivity contribution in [1.29, 1.82) is 0 Å². The Kier molecular flexibility index (Phi) is 3.11. The van der Waals surface area contributed by atoms with E-state index in [4.69, 9.17) is 0 Å². The molecule has 0 aliphatic carbocycles. The third-order valence-corrected chi connectivity index (χ3v) is 1.54. The lowest BCUT2D eigenvalue weighted by atomic mass is 10.2. The fourth-order valence-corrected chi connectivity index (χ4v) is 0.975. The molecule has 1 aromatic heterocycles. The standard InChI is InChI=1S/C8H9N3O3/c1-2-9-8(12)6-4-3-5-10-7(6)11(13)14/h3-5H,2H2,1H3,(H,9,12). The Morgan fingerprint density at radius 2 is 2.43 bits per heavy atom. The zero-order valence-corrected chi connectivity index (χ0v) is 7.56. The van der Waals surface area contributed by atoms with Gasteiger partial charge in [-0.25, -0.2) is 0 Å². The van der Waals surface area contributed by atoms with E-state index in [0.717, 1.165) is 0 Å². The predicted molar refractivity (Wildman–Crippen MR) is 48.9 cm³/mol. The summed E-state index contributed by atoms with van der Waals surface area (Å²) in [6.07, 6.45) is 1.28. The van der Waals surface area contributed by atoms with Gasteiger partial charge in [0.25, 0.3) is 5.91 Å². The van der Waals surface area contributed by atoms with Crippen molar-refractivity contribution in [1.82, 2.24) is 10.3 Å². The molecule has 6 heteroatoms. The number of nitrogens with one attached hydrogen (secondary N) is 1. The van der Waals surface area contributed by atoms with E-state index in [1.165, 1.54) is 18.3 Å². The van der Waals surface area contributed by atoms with E-state index >= 15 is 0 Å². The minimum atomic E-state index is -0.676. The van der Waals surface area contributed by atoms with Crippen molar-refractivity contribution in [3.05, 3.63) is 34.0 Å². The Labute approximate surface area is 80.1 Å². The number of nitrogens with zero attached hydrogens (tertiary/aromatic N) is 2. The maximum atomic E-state index is 11.3. The van der Waals surface area contributed by atoms with Gasteiger partial charge in [0, 0.05) is 6.54 Å². The molecule has 1 rings (SSSR count). The number of hydrogen-bond donors (Lipinski definition) is 1. The van der Waals surface area contributed by atoms with Crippen LogP contribution in [0.25, 0.3) is 0 Å². The highest BCUT2D eigenvalue weighted by Gasteiger charge is 2.19. The first-order valence-electron chi connectivity index (χ1n) is 4.04. The SMILES string of the molecule is CCNC(=O)c1cccnc1[N+](=O)[O-]. The maximum Gasteiger partial charge on any atom is 0.376 e. The smallest absolute Gasteiger partial charge is 0.358 e. The molecule has 0 aliphatic rings. The third kappa shape index (κ3) is 2.03. The molecule has 0 saturated carbocycles. The van der Waals surface area contributed by atoms with Crippen molar-refractivity contribution in [2.45, 2.75) is 6.92 Å². The van der Waals surface area contributed by atoms with E-state index in [9.17, 15) is 14.9 Å². The van der Waals surface area contributed by atoms with Crippen LogP contribution in [-0.2, 0) is 0 Å². The lowest BCUT2D eigenvalue weighted by molar-refractivity contribution is -0.389. The van der Waals surface area contributed by atoms with E-state index in [0.29, 0.717) is 6.54 Å². The molecule has 0 unspecified atom stereocenters. The summed E-state index contributed by atoms with van der Waals surface area (Å²) in [5.41, 5.74) is -0.0145. The molecule has 0 radical (unpaired) electrons. The van der Waals surface area contributed by atoms with Gasteiger partial charge in [-0.3, -0.25) is 4.79 Å². The Balaban J connectivity index is 3.07. The molecule has 0 saturated heterocycles. The number of carbonyl (C=O) groups excluding carboxylic acids is 1. The molecule has 1 heterocycles. The highest BCUT2D eigenvalue weighted by molar-refractivity contribution is 5.97. The van der Waals surface area contributed by atoms with Gasteiger partial charge >= 0.3 is 5.82 Å². The summed E-state index contributed by atoms with van der Waals surface area (Å²) in [6.45, 7) is 2.16. The first-order valence-corrected chi connectivity index (χ1v) is 4.04. The lowest BCUT2D eigenvalue weighted by Gasteiger charge is -2.01. The molecule has 0 aliphatic heterocycles. The number of rotatable bonds is 3. The fourth-order valence-electron chi connectivity index (χ4n) is 0.975. The molecule has 0 atom stereocenters. The van der Waals surface area contributed by atoms with Gasteiger partial charge in [0.15, 0.2) is 0 Å². The summed E-state index contributed by atoms with van der Waals surface area (Å²) in [6, 6.07) is 2.85. The van der Waals surface area contributed by atoms with E-state index in [-0.39, 0.29) is 5.56 Å². The Morgan fingerprint density at radius 3 is 3.00 bits per heavy atom. The van der Waals surface area contributed by atoms with Gasteiger partial charge in [-0.15, -0.1) is 0 Å². The number of amides is 1. The molecule has 6 nitrogen and oxygen atoms in total. The second kappa shape index (κ2) is 4.31. The lowest BCUT2D eigenvalue weighted by Crippen LogP contribution is -2.23. The number of hydrogen-bond acceptors (Lipinski definition) is 4. The maximum absolute atomic E-state index is 11.3. The molecule has 1 N–H and O–H groups in total. The quantitative estimate of drug-likeness (QED) is 0.569. The largest absolute Gasteiger partial charge is 0.376 e. The predicted octanol–water partition coefficient (Wildman–Crippen LogP) is 0.740. The summed E-state index contributed by atoms with van der Waals surface area (Å²) in [4.78, 5) is 24.7. The topological polar surface area (TPSA) is 85.1 Å². The molecule has 1 amide bonds. The van der Waals surface area contributed by atoms with Gasteiger partial charge in [-0.1, -0.05) is 0 Å². The monoisotopic (exact) mass is 195 g/mol. The second-order valence-corrected chi connectivity index (χ2v) is 2.49. The Bertz CT molecular complexity index is 365. The normalized spacial score (nSPS) is 9.50. The van der Waals surface area contributed by atoms with Gasteiger partial charge in [-0.2, -0.15) is 0 Å². The van der Waals surface area contributed by atoms with Gasteiger partial charge in [0.2, 0.25) is 0 Å². The Hall–Kier alpha value is -1.98. The molecule has 0 fully saturated rings. The zero-order valence-electron chi connectivity index (χ0n) is 7.56. The third-order valence-electron chi connectivity index (χ3n) is 1.54. The van der Waals surface area contributed by atoms with Crippen LogP contribution >= 0.6 is 0 Å². The number of aromatic nitrogens is 1. The molecule has 0 aromatic carbocycles. The van der Waals surface area contributed by atoms with Gasteiger partial charge in [0.05, 0.1) is 0 Å². The number of pyridine rings is 1. The summed E-state index contributed by atoms with van der Waals surface area (Å²) >= 11 is 0. The van der Waals surface area contributed by atoms with Crippen molar-refractivity contribution in [2.24, 2.45) is 0 Å². The van der Waals surface area contributed by atoms with Gasteiger partial charge in [-0.05, 0) is 29.0 Å². The second-order valence-electron chi connectivity index (χ2n) is 2.49. The zero-order chi connectivity index (χ0) is 10.6. The first kappa shape index (κ1) is 10.1. The molecular formula is C8H9N3O3. The van der Waals surface area contributed by atoms with Crippen molar-refractivity contribution in [2.75, 3.05) is 6.54 Å². The van der Waals surface area contributed by atoms with Crippen LogP contribution in [0.3, 0.4) is 0 Å². The molecule has 74 valence electrons. The van der Waals surface area contributed by atoms with Crippen molar-refractivity contribution >= 4 is 11.7 Å². The average molecular weight is 195 g/mol.